The Morgan fingerprint density at radius 3 is 2.57 bits per heavy atom. The van der Waals surface area contributed by atoms with Gasteiger partial charge in [-0.1, -0.05) is 30.3 Å². The number of guanidine groups is 1. The molecule has 1 amide bonds. The van der Waals surface area contributed by atoms with E-state index in [0.29, 0.717) is 12.5 Å². The van der Waals surface area contributed by atoms with Crippen molar-refractivity contribution in [3.05, 3.63) is 35.9 Å². The smallest absolute Gasteiger partial charge is 0.241 e. The number of aliphatic imine (C=N–C) groups is 1. The second-order valence-electron chi connectivity index (χ2n) is 5.88. The summed E-state index contributed by atoms with van der Waals surface area (Å²) in [7, 11) is 1.73. The lowest BCUT2D eigenvalue weighted by atomic mass is 10.1. The highest BCUT2D eigenvalue weighted by Crippen LogP contribution is 2.08. The van der Waals surface area contributed by atoms with Crippen molar-refractivity contribution in [2.45, 2.75) is 32.1 Å². The highest BCUT2D eigenvalue weighted by atomic mass is 16.2. The van der Waals surface area contributed by atoms with Crippen molar-refractivity contribution in [2.24, 2.45) is 4.99 Å². The van der Waals surface area contributed by atoms with Crippen molar-refractivity contribution in [3.63, 3.8) is 0 Å². The van der Waals surface area contributed by atoms with Gasteiger partial charge in [0.05, 0.1) is 6.54 Å². The molecule has 2 N–H and O–H groups in total. The van der Waals surface area contributed by atoms with Crippen LogP contribution in [0, 0.1) is 0 Å². The molecule has 5 heteroatoms. The van der Waals surface area contributed by atoms with Gasteiger partial charge in [-0.2, -0.15) is 0 Å². The zero-order valence-corrected chi connectivity index (χ0v) is 14.1. The second-order valence-corrected chi connectivity index (χ2v) is 5.88. The Morgan fingerprint density at radius 1 is 1.13 bits per heavy atom. The number of carbonyl (C=O) groups is 1. The van der Waals surface area contributed by atoms with Crippen molar-refractivity contribution in [3.8, 4) is 0 Å². The number of nitrogens with zero attached hydrogens (tertiary/aromatic N) is 2. The number of hydrogen-bond acceptors (Lipinski definition) is 2. The third-order valence-electron chi connectivity index (χ3n) is 4.12. The van der Waals surface area contributed by atoms with Gasteiger partial charge in [-0.15, -0.1) is 0 Å². The van der Waals surface area contributed by atoms with E-state index in [-0.39, 0.29) is 5.91 Å². The van der Waals surface area contributed by atoms with Crippen molar-refractivity contribution < 1.29 is 4.79 Å². The highest BCUT2D eigenvalue weighted by molar-refractivity contribution is 5.86. The summed E-state index contributed by atoms with van der Waals surface area (Å²) >= 11 is 0. The first kappa shape index (κ1) is 17.3. The van der Waals surface area contributed by atoms with Gasteiger partial charge in [0.15, 0.2) is 5.96 Å². The zero-order chi connectivity index (χ0) is 16.3. The van der Waals surface area contributed by atoms with Crippen LogP contribution in [0.25, 0.3) is 0 Å². The first-order valence-corrected chi connectivity index (χ1v) is 8.56. The summed E-state index contributed by atoms with van der Waals surface area (Å²) in [4.78, 5) is 18.2. The molecule has 1 aromatic carbocycles. The molecule has 1 saturated heterocycles. The van der Waals surface area contributed by atoms with Gasteiger partial charge in [-0.25, -0.2) is 0 Å². The van der Waals surface area contributed by atoms with Crippen molar-refractivity contribution in [1.82, 2.24) is 15.5 Å². The summed E-state index contributed by atoms with van der Waals surface area (Å²) in [6, 6.07) is 10.5. The topological polar surface area (TPSA) is 56.7 Å². The molecule has 0 radical (unpaired) electrons. The molecule has 0 spiro atoms. The molecular formula is C18H28N4O. The minimum atomic E-state index is 0.164. The molecular weight excluding hydrogens is 288 g/mol. The van der Waals surface area contributed by atoms with Crippen LogP contribution in [0.4, 0.5) is 0 Å². The van der Waals surface area contributed by atoms with Crippen molar-refractivity contribution in [2.75, 3.05) is 33.2 Å². The maximum Gasteiger partial charge on any atom is 0.241 e. The average Bonchev–Trinajstić information content (AvgIpc) is 2.62. The largest absolute Gasteiger partial charge is 0.356 e. The van der Waals surface area contributed by atoms with E-state index in [2.05, 4.69) is 39.9 Å². The summed E-state index contributed by atoms with van der Waals surface area (Å²) < 4.78 is 0. The lowest BCUT2D eigenvalue weighted by molar-refractivity contribution is -0.130. The molecule has 1 aromatic rings. The molecule has 0 atom stereocenters. The van der Waals surface area contributed by atoms with E-state index in [9.17, 15) is 4.79 Å². The monoisotopic (exact) mass is 316 g/mol. The molecule has 1 heterocycles. The molecule has 1 aliphatic rings. The maximum absolute atomic E-state index is 12.1. The molecule has 126 valence electrons. The minimum Gasteiger partial charge on any atom is -0.356 e. The number of piperidine rings is 1. The SMILES string of the molecule is CN=C(NCCCc1ccccc1)NCC(=O)N1CCCCC1. The van der Waals surface area contributed by atoms with Crippen LogP contribution in [0.5, 0.6) is 0 Å². The lowest BCUT2D eigenvalue weighted by Gasteiger charge is -2.27. The normalized spacial score (nSPS) is 15.3. The van der Waals surface area contributed by atoms with Crippen LogP contribution in [0.3, 0.4) is 0 Å². The summed E-state index contributed by atoms with van der Waals surface area (Å²) in [5.74, 6) is 0.861. The number of amides is 1. The maximum atomic E-state index is 12.1. The molecule has 1 fully saturated rings. The van der Waals surface area contributed by atoms with Crippen LogP contribution in [0.15, 0.2) is 35.3 Å². The Balaban J connectivity index is 1.62. The van der Waals surface area contributed by atoms with Crippen LogP contribution in [-0.2, 0) is 11.2 Å². The lowest BCUT2D eigenvalue weighted by Crippen LogP contribution is -2.46. The predicted molar refractivity (Wildman–Crippen MR) is 94.6 cm³/mol. The van der Waals surface area contributed by atoms with Gasteiger partial charge in [0, 0.05) is 26.7 Å². The Hall–Kier alpha value is -2.04. The number of rotatable bonds is 6. The highest BCUT2D eigenvalue weighted by Gasteiger charge is 2.16. The number of hydrogen-bond donors (Lipinski definition) is 2. The number of aryl methyl sites for hydroxylation is 1. The van der Waals surface area contributed by atoms with E-state index in [1.807, 2.05) is 11.0 Å². The van der Waals surface area contributed by atoms with E-state index in [1.54, 1.807) is 7.05 Å². The van der Waals surface area contributed by atoms with E-state index in [4.69, 9.17) is 0 Å². The van der Waals surface area contributed by atoms with Crippen molar-refractivity contribution in [1.29, 1.82) is 0 Å². The van der Waals surface area contributed by atoms with Crippen LogP contribution >= 0.6 is 0 Å². The Morgan fingerprint density at radius 2 is 1.87 bits per heavy atom. The molecule has 2 rings (SSSR count). The van der Waals surface area contributed by atoms with Crippen LogP contribution in [0.2, 0.25) is 0 Å². The third kappa shape index (κ3) is 6.30. The molecule has 1 aliphatic heterocycles. The summed E-state index contributed by atoms with van der Waals surface area (Å²) in [6.07, 6.45) is 5.56. The second kappa shape index (κ2) is 9.87. The van der Waals surface area contributed by atoms with E-state index in [0.717, 1.165) is 45.3 Å². The molecule has 0 aromatic heterocycles. The van der Waals surface area contributed by atoms with Crippen LogP contribution in [-0.4, -0.2) is 50.0 Å². The number of carbonyl (C=O) groups excluding carboxylic acids is 1. The Kier molecular flexibility index (Phi) is 7.43. The van der Waals surface area contributed by atoms with E-state index >= 15 is 0 Å². The van der Waals surface area contributed by atoms with E-state index in [1.165, 1.54) is 12.0 Å². The van der Waals surface area contributed by atoms with Gasteiger partial charge in [-0.05, 0) is 37.7 Å². The van der Waals surface area contributed by atoms with Gasteiger partial charge in [0.1, 0.15) is 0 Å². The molecule has 0 saturated carbocycles. The zero-order valence-electron chi connectivity index (χ0n) is 14.1. The Labute approximate surface area is 139 Å². The summed E-state index contributed by atoms with van der Waals surface area (Å²) in [5, 5.41) is 6.38. The standard InChI is InChI=1S/C18H28N4O/c1-19-18(20-12-8-11-16-9-4-2-5-10-16)21-15-17(23)22-13-6-3-7-14-22/h2,4-5,9-10H,3,6-8,11-15H2,1H3,(H2,19,20,21). The Bertz CT molecular complexity index is 495. The number of nitrogens with one attached hydrogen (secondary N) is 2. The van der Waals surface area contributed by atoms with Gasteiger partial charge in [0.25, 0.3) is 0 Å². The first-order valence-electron chi connectivity index (χ1n) is 8.56. The number of benzene rings is 1. The number of likely N-dealkylation sites (tertiary alicyclic amines) is 1. The predicted octanol–water partition coefficient (Wildman–Crippen LogP) is 1.80. The van der Waals surface area contributed by atoms with Gasteiger partial charge < -0.3 is 15.5 Å². The molecule has 0 unspecified atom stereocenters. The minimum absolute atomic E-state index is 0.164. The van der Waals surface area contributed by atoms with Crippen LogP contribution in [0.1, 0.15) is 31.2 Å². The summed E-state index contributed by atoms with van der Waals surface area (Å²) in [5.41, 5.74) is 1.34. The van der Waals surface area contributed by atoms with Crippen LogP contribution < -0.4 is 10.6 Å². The molecule has 0 bridgehead atoms. The quantitative estimate of drug-likeness (QED) is 0.478. The fraction of sp³-hybridized carbons (Fsp3) is 0.556. The van der Waals surface area contributed by atoms with Gasteiger partial charge in [-0.3, -0.25) is 9.79 Å². The molecule has 5 nitrogen and oxygen atoms in total. The third-order valence-corrected chi connectivity index (χ3v) is 4.12. The van der Waals surface area contributed by atoms with Crippen molar-refractivity contribution >= 4 is 11.9 Å². The molecule has 0 aliphatic carbocycles. The summed E-state index contributed by atoms with van der Waals surface area (Å²) in [6.45, 7) is 2.94. The first-order chi connectivity index (χ1) is 11.3. The molecule has 23 heavy (non-hydrogen) atoms. The fourth-order valence-corrected chi connectivity index (χ4v) is 2.78. The van der Waals surface area contributed by atoms with Gasteiger partial charge >= 0.3 is 0 Å². The fourth-order valence-electron chi connectivity index (χ4n) is 2.78. The average molecular weight is 316 g/mol. The van der Waals surface area contributed by atoms with Gasteiger partial charge in [0.2, 0.25) is 5.91 Å². The van der Waals surface area contributed by atoms with E-state index < -0.39 is 0 Å².